The average molecular weight is 477 g/mol. The molecule has 4 atom stereocenters. The van der Waals surface area contributed by atoms with Crippen LogP contribution in [0.5, 0.6) is 0 Å². The van der Waals surface area contributed by atoms with Crippen molar-refractivity contribution in [2.45, 2.75) is 143 Å². The first-order chi connectivity index (χ1) is 15.0. The molecule has 5 heteroatoms. The van der Waals surface area contributed by atoms with Crippen LogP contribution in [0.15, 0.2) is 11.5 Å². The quantitative estimate of drug-likeness (QED) is 0.331. The minimum absolute atomic E-state index is 0.00981. The molecule has 0 bridgehead atoms. The highest BCUT2D eigenvalue weighted by atomic mass is 28.4. The lowest BCUT2D eigenvalue weighted by atomic mass is 9.59. The van der Waals surface area contributed by atoms with E-state index >= 15 is 0 Å². The minimum atomic E-state index is -1.50. The van der Waals surface area contributed by atoms with Crippen molar-refractivity contribution in [3.63, 3.8) is 0 Å². The molecule has 0 N–H and O–H groups in total. The summed E-state index contributed by atoms with van der Waals surface area (Å²) in [6, 6.07) is 0. The molecule has 0 aromatic rings. The van der Waals surface area contributed by atoms with Crippen LogP contribution in [0.2, 0.25) is 19.6 Å². The number of hydrogen-bond acceptors (Lipinski definition) is 3. The van der Waals surface area contributed by atoms with Crippen LogP contribution in [0.4, 0.5) is 0 Å². The van der Waals surface area contributed by atoms with Crippen molar-refractivity contribution in [3.05, 3.63) is 11.5 Å². The van der Waals surface area contributed by atoms with Crippen molar-refractivity contribution < 1.29 is 13.7 Å². The molecule has 2 saturated carbocycles. The standard InChI is InChI=1S/C28H53BO3Si/c1-21(14-12-18-25(2,3)32-33(9,10)11)23-16-17-24-22(15-13-19-28(23,24)8)20-29-30-26(4,5)27(6,7)31-29/h20-21,23-24H,12-19H2,1-11H3/b22-20+/t21-,23-,24+,28-/m1/s1. The lowest BCUT2D eigenvalue weighted by Crippen LogP contribution is -2.41. The van der Waals surface area contributed by atoms with Crippen molar-refractivity contribution in [1.29, 1.82) is 0 Å². The summed E-state index contributed by atoms with van der Waals surface area (Å²) in [7, 11) is -1.70. The number of rotatable bonds is 8. The average Bonchev–Trinajstić information content (AvgIpc) is 3.05. The predicted molar refractivity (Wildman–Crippen MR) is 144 cm³/mol. The number of fused-ring (bicyclic) bond motifs is 1. The van der Waals surface area contributed by atoms with E-state index in [-0.39, 0.29) is 23.9 Å². The van der Waals surface area contributed by atoms with Crippen molar-refractivity contribution in [1.82, 2.24) is 0 Å². The summed E-state index contributed by atoms with van der Waals surface area (Å²) >= 11 is 0. The fraction of sp³-hybridized carbons (Fsp3) is 0.929. The van der Waals surface area contributed by atoms with Crippen LogP contribution in [-0.2, 0) is 13.7 Å². The Morgan fingerprint density at radius 1 is 1.09 bits per heavy atom. The molecule has 0 aromatic heterocycles. The van der Waals surface area contributed by atoms with Crippen LogP contribution < -0.4 is 0 Å². The largest absolute Gasteiger partial charge is 0.487 e. The van der Waals surface area contributed by atoms with Crippen molar-refractivity contribution in [3.8, 4) is 0 Å². The predicted octanol–water partition coefficient (Wildman–Crippen LogP) is 8.20. The summed E-state index contributed by atoms with van der Waals surface area (Å²) in [5.41, 5.74) is 1.54. The Balaban J connectivity index is 1.62. The molecule has 1 aliphatic heterocycles. The van der Waals surface area contributed by atoms with Crippen molar-refractivity contribution in [2.24, 2.45) is 23.2 Å². The first kappa shape index (κ1) is 27.5. The summed E-state index contributed by atoms with van der Waals surface area (Å²) in [5.74, 6) is 4.66. The second kappa shape index (κ2) is 9.41. The molecule has 190 valence electrons. The molecule has 3 rings (SSSR count). The van der Waals surface area contributed by atoms with E-state index in [2.05, 4.69) is 81.0 Å². The molecule has 3 aliphatic rings. The van der Waals surface area contributed by atoms with Gasteiger partial charge in [-0.1, -0.05) is 38.2 Å². The lowest BCUT2D eigenvalue weighted by molar-refractivity contribution is 0.00578. The third kappa shape index (κ3) is 6.19. The molecule has 0 unspecified atom stereocenters. The Bertz CT molecular complexity index is 707. The molecule has 1 saturated heterocycles. The first-order valence-corrected chi connectivity index (χ1v) is 17.1. The van der Waals surface area contributed by atoms with Crippen LogP contribution in [0, 0.1) is 23.2 Å². The zero-order valence-electron chi connectivity index (χ0n) is 23.8. The molecule has 33 heavy (non-hydrogen) atoms. The van der Waals surface area contributed by atoms with E-state index in [9.17, 15) is 0 Å². The summed E-state index contributed by atoms with van der Waals surface area (Å²) in [4.78, 5) is 0. The monoisotopic (exact) mass is 476 g/mol. The van der Waals surface area contributed by atoms with Crippen LogP contribution in [0.3, 0.4) is 0 Å². The van der Waals surface area contributed by atoms with Gasteiger partial charge in [0.2, 0.25) is 0 Å². The van der Waals surface area contributed by atoms with Crippen LogP contribution in [-0.4, -0.2) is 32.2 Å². The first-order valence-electron chi connectivity index (χ1n) is 13.7. The van der Waals surface area contributed by atoms with E-state index in [0.29, 0.717) is 11.3 Å². The second-order valence-corrected chi connectivity index (χ2v) is 18.7. The SMILES string of the molecule is C[C@H](CCCC(C)(C)O[Si](C)(C)C)[C@H]1CC[C@H]2/C(=C/B3OC(C)(C)C(C)(C)O3)CCC[C@]12C. The van der Waals surface area contributed by atoms with Gasteiger partial charge in [-0.25, -0.2) is 0 Å². The highest BCUT2D eigenvalue weighted by molar-refractivity contribution is 6.69. The van der Waals surface area contributed by atoms with Gasteiger partial charge in [0.05, 0.1) is 16.8 Å². The van der Waals surface area contributed by atoms with Gasteiger partial charge in [-0.15, -0.1) is 0 Å². The molecular formula is C28H53BO3Si. The Morgan fingerprint density at radius 2 is 1.70 bits per heavy atom. The van der Waals surface area contributed by atoms with Crippen LogP contribution in [0.1, 0.15) is 107 Å². The van der Waals surface area contributed by atoms with Gasteiger partial charge in [0.15, 0.2) is 8.32 Å². The molecule has 2 aliphatic carbocycles. The fourth-order valence-electron chi connectivity index (χ4n) is 7.28. The van der Waals surface area contributed by atoms with Gasteiger partial charge in [-0.05, 0) is 123 Å². The highest BCUT2D eigenvalue weighted by Crippen LogP contribution is 2.60. The summed E-state index contributed by atoms with van der Waals surface area (Å²) in [6.07, 6.45) is 10.4. The van der Waals surface area contributed by atoms with Gasteiger partial charge in [0.25, 0.3) is 0 Å². The zero-order chi connectivity index (χ0) is 24.9. The maximum absolute atomic E-state index is 6.45. The van der Waals surface area contributed by atoms with Crippen LogP contribution in [0.25, 0.3) is 0 Å². The Hall–Kier alpha value is -0.0982. The Kier molecular flexibility index (Phi) is 7.84. The smallest absolute Gasteiger partial charge is 0.413 e. The maximum Gasteiger partial charge on any atom is 0.487 e. The molecule has 0 aromatic carbocycles. The lowest BCUT2D eigenvalue weighted by Gasteiger charge is -2.44. The Morgan fingerprint density at radius 3 is 2.27 bits per heavy atom. The third-order valence-electron chi connectivity index (χ3n) is 9.37. The van der Waals surface area contributed by atoms with Gasteiger partial charge in [0, 0.05) is 0 Å². The third-order valence-corrected chi connectivity index (χ3v) is 10.5. The second-order valence-electron chi connectivity index (χ2n) is 14.3. The van der Waals surface area contributed by atoms with Gasteiger partial charge in [0.1, 0.15) is 0 Å². The normalized spacial score (nSPS) is 34.0. The van der Waals surface area contributed by atoms with E-state index in [4.69, 9.17) is 13.7 Å². The van der Waals surface area contributed by atoms with Gasteiger partial charge in [-0.3, -0.25) is 0 Å². The highest BCUT2D eigenvalue weighted by Gasteiger charge is 2.53. The van der Waals surface area contributed by atoms with E-state index in [1.54, 1.807) is 5.57 Å². The molecule has 0 amide bonds. The number of hydrogen-bond donors (Lipinski definition) is 0. The number of allylic oxidation sites excluding steroid dienone is 1. The molecule has 0 spiro atoms. The van der Waals surface area contributed by atoms with Gasteiger partial charge < -0.3 is 13.7 Å². The van der Waals surface area contributed by atoms with Crippen molar-refractivity contribution in [2.75, 3.05) is 0 Å². The molecule has 3 nitrogen and oxygen atoms in total. The minimum Gasteiger partial charge on any atom is -0.413 e. The van der Waals surface area contributed by atoms with E-state index in [1.807, 2.05) is 0 Å². The van der Waals surface area contributed by atoms with Gasteiger partial charge >= 0.3 is 7.12 Å². The van der Waals surface area contributed by atoms with Crippen molar-refractivity contribution >= 4 is 15.4 Å². The molecule has 0 radical (unpaired) electrons. The summed E-state index contributed by atoms with van der Waals surface area (Å²) in [6.45, 7) is 25.2. The van der Waals surface area contributed by atoms with E-state index in [0.717, 1.165) is 11.8 Å². The molecule has 1 heterocycles. The van der Waals surface area contributed by atoms with E-state index < -0.39 is 8.32 Å². The Labute approximate surface area is 207 Å². The zero-order valence-corrected chi connectivity index (χ0v) is 24.8. The van der Waals surface area contributed by atoms with Gasteiger partial charge in [-0.2, -0.15) is 0 Å². The van der Waals surface area contributed by atoms with E-state index in [1.165, 1.54) is 51.4 Å². The fourth-order valence-corrected chi connectivity index (χ4v) is 9.04. The molecule has 3 fully saturated rings. The maximum atomic E-state index is 6.45. The summed E-state index contributed by atoms with van der Waals surface area (Å²) < 4.78 is 19.1. The topological polar surface area (TPSA) is 27.7 Å². The van der Waals surface area contributed by atoms with Crippen LogP contribution >= 0.6 is 0 Å². The molecular weight excluding hydrogens is 423 g/mol. The summed E-state index contributed by atoms with van der Waals surface area (Å²) in [5, 5.41) is 0.